The van der Waals surface area contributed by atoms with Crippen molar-refractivity contribution >= 4 is 0 Å². The number of hydrogen-bond donors (Lipinski definition) is 2. The number of rotatable bonds is 6. The van der Waals surface area contributed by atoms with Gasteiger partial charge in [0.05, 0.1) is 14.2 Å². The van der Waals surface area contributed by atoms with Gasteiger partial charge in [-0.2, -0.15) is 0 Å². The first-order valence-corrected chi connectivity index (χ1v) is 7.96. The van der Waals surface area contributed by atoms with Crippen LogP contribution >= 0.6 is 0 Å². The Morgan fingerprint density at radius 3 is 2.43 bits per heavy atom. The Hall–Kier alpha value is -1.26. The van der Waals surface area contributed by atoms with Crippen molar-refractivity contribution in [3.05, 3.63) is 23.8 Å². The van der Waals surface area contributed by atoms with Gasteiger partial charge in [0.25, 0.3) is 0 Å². The van der Waals surface area contributed by atoms with Gasteiger partial charge in [0.2, 0.25) is 0 Å². The molecule has 1 fully saturated rings. The Morgan fingerprint density at radius 2 is 1.86 bits per heavy atom. The molecule has 1 aromatic rings. The van der Waals surface area contributed by atoms with E-state index in [4.69, 9.17) is 15.2 Å². The maximum absolute atomic E-state index is 6.01. The second-order valence-electron chi connectivity index (χ2n) is 5.75. The van der Waals surface area contributed by atoms with Crippen LogP contribution in [0.25, 0.3) is 0 Å². The van der Waals surface area contributed by atoms with E-state index in [9.17, 15) is 0 Å². The summed E-state index contributed by atoms with van der Waals surface area (Å²) >= 11 is 0. The number of nitrogens with one attached hydrogen (secondary N) is 1. The monoisotopic (exact) mass is 292 g/mol. The van der Waals surface area contributed by atoms with Gasteiger partial charge < -0.3 is 20.5 Å². The molecule has 4 heteroatoms. The average Bonchev–Trinajstić information content (AvgIpc) is 2.80. The van der Waals surface area contributed by atoms with Crippen molar-refractivity contribution in [1.29, 1.82) is 0 Å². The molecule has 0 radical (unpaired) electrons. The minimum absolute atomic E-state index is 0.133. The molecular weight excluding hydrogens is 264 g/mol. The third kappa shape index (κ3) is 4.35. The minimum Gasteiger partial charge on any atom is -0.497 e. The highest BCUT2D eigenvalue weighted by Crippen LogP contribution is 2.30. The molecule has 0 saturated heterocycles. The molecule has 0 spiro atoms. The average molecular weight is 292 g/mol. The van der Waals surface area contributed by atoms with E-state index in [2.05, 4.69) is 11.4 Å². The van der Waals surface area contributed by atoms with E-state index in [1.165, 1.54) is 38.5 Å². The summed E-state index contributed by atoms with van der Waals surface area (Å²) in [6, 6.07) is 6.64. The van der Waals surface area contributed by atoms with Crippen molar-refractivity contribution in [2.24, 2.45) is 5.73 Å². The van der Waals surface area contributed by atoms with Crippen LogP contribution in [-0.2, 0) is 0 Å². The van der Waals surface area contributed by atoms with Gasteiger partial charge >= 0.3 is 0 Å². The predicted molar refractivity (Wildman–Crippen MR) is 86.0 cm³/mol. The zero-order valence-corrected chi connectivity index (χ0v) is 13.2. The summed E-state index contributed by atoms with van der Waals surface area (Å²) in [4.78, 5) is 0. The minimum atomic E-state index is 0.133. The summed E-state index contributed by atoms with van der Waals surface area (Å²) in [5, 5.41) is 3.73. The Labute approximate surface area is 128 Å². The van der Waals surface area contributed by atoms with E-state index in [-0.39, 0.29) is 6.04 Å². The van der Waals surface area contributed by atoms with E-state index in [0.717, 1.165) is 17.1 Å². The Morgan fingerprint density at radius 1 is 1.14 bits per heavy atom. The third-order valence-corrected chi connectivity index (χ3v) is 4.34. The highest BCUT2D eigenvalue weighted by atomic mass is 16.5. The van der Waals surface area contributed by atoms with Crippen LogP contribution in [0.3, 0.4) is 0 Å². The first-order valence-electron chi connectivity index (χ1n) is 7.96. The van der Waals surface area contributed by atoms with Crippen LogP contribution in [0.2, 0.25) is 0 Å². The molecule has 1 atom stereocenters. The molecule has 3 N–H and O–H groups in total. The van der Waals surface area contributed by atoms with Gasteiger partial charge in [0.15, 0.2) is 0 Å². The van der Waals surface area contributed by atoms with E-state index in [1.807, 2.05) is 12.1 Å². The summed E-state index contributed by atoms with van der Waals surface area (Å²) in [5.74, 6) is 1.65. The standard InChI is InChI=1S/C17H28N2O2/c1-20-14-9-10-15(17(11-14)21-2)16(12-18)19-13-7-5-3-4-6-8-13/h9-11,13,16,19H,3-8,12,18H2,1-2H3. The number of hydrogen-bond acceptors (Lipinski definition) is 4. The van der Waals surface area contributed by atoms with E-state index >= 15 is 0 Å². The molecule has 4 nitrogen and oxygen atoms in total. The molecule has 1 aliphatic carbocycles. The van der Waals surface area contributed by atoms with Gasteiger partial charge in [-0.15, -0.1) is 0 Å². The lowest BCUT2D eigenvalue weighted by atomic mass is 10.0. The van der Waals surface area contributed by atoms with Crippen LogP contribution in [0.5, 0.6) is 11.5 Å². The number of benzene rings is 1. The number of ether oxygens (including phenoxy) is 2. The summed E-state index contributed by atoms with van der Waals surface area (Å²) in [6.07, 6.45) is 7.84. The lowest BCUT2D eigenvalue weighted by Gasteiger charge is -2.25. The molecule has 118 valence electrons. The largest absolute Gasteiger partial charge is 0.497 e. The third-order valence-electron chi connectivity index (χ3n) is 4.34. The van der Waals surface area contributed by atoms with E-state index in [0.29, 0.717) is 12.6 Å². The second kappa shape index (κ2) is 8.25. The van der Waals surface area contributed by atoms with Gasteiger partial charge in [-0.25, -0.2) is 0 Å². The quantitative estimate of drug-likeness (QED) is 0.791. The highest BCUT2D eigenvalue weighted by Gasteiger charge is 2.20. The molecule has 1 aromatic carbocycles. The van der Waals surface area contributed by atoms with Crippen molar-refractivity contribution < 1.29 is 9.47 Å². The first kappa shape index (κ1) is 16.1. The van der Waals surface area contributed by atoms with Gasteiger partial charge in [0, 0.05) is 30.3 Å². The van der Waals surface area contributed by atoms with Crippen LogP contribution in [0.15, 0.2) is 18.2 Å². The van der Waals surface area contributed by atoms with Gasteiger partial charge in [0.1, 0.15) is 11.5 Å². The van der Waals surface area contributed by atoms with Crippen molar-refractivity contribution in [2.75, 3.05) is 20.8 Å². The van der Waals surface area contributed by atoms with Crippen LogP contribution in [0, 0.1) is 0 Å². The van der Waals surface area contributed by atoms with Crippen molar-refractivity contribution in [1.82, 2.24) is 5.32 Å². The van der Waals surface area contributed by atoms with Gasteiger partial charge in [-0.05, 0) is 18.9 Å². The van der Waals surface area contributed by atoms with E-state index < -0.39 is 0 Å². The zero-order chi connectivity index (χ0) is 15.1. The van der Waals surface area contributed by atoms with Crippen molar-refractivity contribution in [2.45, 2.75) is 50.6 Å². The topological polar surface area (TPSA) is 56.5 Å². The first-order chi connectivity index (χ1) is 10.3. The fraction of sp³-hybridized carbons (Fsp3) is 0.647. The lowest BCUT2D eigenvalue weighted by Crippen LogP contribution is -2.36. The van der Waals surface area contributed by atoms with Crippen molar-refractivity contribution in [3.63, 3.8) is 0 Å². The summed E-state index contributed by atoms with van der Waals surface area (Å²) < 4.78 is 10.8. The predicted octanol–water partition coefficient (Wildman–Crippen LogP) is 3.02. The molecule has 0 bridgehead atoms. The highest BCUT2D eigenvalue weighted by molar-refractivity contribution is 5.42. The zero-order valence-electron chi connectivity index (χ0n) is 13.2. The maximum atomic E-state index is 6.01. The molecule has 0 amide bonds. The second-order valence-corrected chi connectivity index (χ2v) is 5.75. The van der Waals surface area contributed by atoms with Crippen LogP contribution in [-0.4, -0.2) is 26.8 Å². The van der Waals surface area contributed by atoms with Gasteiger partial charge in [-0.3, -0.25) is 0 Å². The number of methoxy groups -OCH3 is 2. The molecule has 1 saturated carbocycles. The van der Waals surface area contributed by atoms with E-state index in [1.54, 1.807) is 14.2 Å². The fourth-order valence-corrected chi connectivity index (χ4v) is 3.12. The normalized spacial score (nSPS) is 18.0. The van der Waals surface area contributed by atoms with Gasteiger partial charge in [-0.1, -0.05) is 31.7 Å². The lowest BCUT2D eigenvalue weighted by molar-refractivity contribution is 0.368. The molecule has 0 heterocycles. The van der Waals surface area contributed by atoms with Crippen LogP contribution < -0.4 is 20.5 Å². The van der Waals surface area contributed by atoms with Crippen molar-refractivity contribution in [3.8, 4) is 11.5 Å². The number of nitrogens with two attached hydrogens (primary N) is 1. The Kier molecular flexibility index (Phi) is 6.33. The fourth-order valence-electron chi connectivity index (χ4n) is 3.12. The molecular formula is C17H28N2O2. The molecule has 0 aromatic heterocycles. The smallest absolute Gasteiger partial charge is 0.127 e. The molecule has 1 aliphatic rings. The molecule has 0 aliphatic heterocycles. The Balaban J connectivity index is 2.12. The molecule has 2 rings (SSSR count). The summed E-state index contributed by atoms with van der Waals surface area (Å²) in [5.41, 5.74) is 7.12. The van der Waals surface area contributed by atoms with Crippen LogP contribution in [0.4, 0.5) is 0 Å². The summed E-state index contributed by atoms with van der Waals surface area (Å²) in [7, 11) is 3.36. The SMILES string of the molecule is COc1ccc(C(CN)NC2CCCCCC2)c(OC)c1. The molecule has 21 heavy (non-hydrogen) atoms. The molecule has 1 unspecified atom stereocenters. The summed E-state index contributed by atoms with van der Waals surface area (Å²) in [6.45, 7) is 0.569. The Bertz CT molecular complexity index is 429. The maximum Gasteiger partial charge on any atom is 0.127 e. The van der Waals surface area contributed by atoms with Crippen LogP contribution in [0.1, 0.15) is 50.1 Å².